The van der Waals surface area contributed by atoms with Gasteiger partial charge in [-0.15, -0.1) is 0 Å². The molecule has 2 rings (SSSR count). The van der Waals surface area contributed by atoms with Crippen LogP contribution in [0.3, 0.4) is 0 Å². The highest BCUT2D eigenvalue weighted by atomic mass is 127. The van der Waals surface area contributed by atoms with Gasteiger partial charge < -0.3 is 9.73 Å². The van der Waals surface area contributed by atoms with E-state index in [0.29, 0.717) is 0 Å². The average Bonchev–Trinajstić information content (AvgIpc) is 2.70. The SMILES string of the molecule is CNc1ccc(I)cc1-c1ccco1. The van der Waals surface area contributed by atoms with Crippen molar-refractivity contribution in [3.8, 4) is 11.3 Å². The molecule has 0 aliphatic carbocycles. The minimum absolute atomic E-state index is 0.896. The van der Waals surface area contributed by atoms with E-state index in [1.807, 2.05) is 19.2 Å². The smallest absolute Gasteiger partial charge is 0.135 e. The van der Waals surface area contributed by atoms with E-state index in [2.05, 4.69) is 46.1 Å². The Morgan fingerprint density at radius 3 is 2.79 bits per heavy atom. The molecule has 0 atom stereocenters. The molecule has 0 fully saturated rings. The van der Waals surface area contributed by atoms with Crippen molar-refractivity contribution in [2.75, 3.05) is 12.4 Å². The van der Waals surface area contributed by atoms with Crippen LogP contribution in [-0.4, -0.2) is 7.05 Å². The van der Waals surface area contributed by atoms with Crippen LogP contribution in [0.5, 0.6) is 0 Å². The molecule has 2 aromatic rings. The summed E-state index contributed by atoms with van der Waals surface area (Å²) in [6.07, 6.45) is 1.69. The molecule has 0 saturated carbocycles. The van der Waals surface area contributed by atoms with Gasteiger partial charge >= 0.3 is 0 Å². The van der Waals surface area contributed by atoms with E-state index in [1.165, 1.54) is 3.57 Å². The molecule has 0 amide bonds. The van der Waals surface area contributed by atoms with Gasteiger partial charge in [0.2, 0.25) is 0 Å². The van der Waals surface area contributed by atoms with Crippen molar-refractivity contribution in [2.24, 2.45) is 0 Å². The molecule has 1 aromatic heterocycles. The molecule has 2 nitrogen and oxygen atoms in total. The van der Waals surface area contributed by atoms with Crippen molar-refractivity contribution in [1.29, 1.82) is 0 Å². The molecule has 0 saturated heterocycles. The van der Waals surface area contributed by atoms with Crippen LogP contribution in [0.25, 0.3) is 11.3 Å². The Kier molecular flexibility index (Phi) is 2.77. The summed E-state index contributed by atoms with van der Waals surface area (Å²) in [6, 6.07) is 10.1. The maximum absolute atomic E-state index is 5.37. The van der Waals surface area contributed by atoms with Crippen LogP contribution < -0.4 is 5.32 Å². The first kappa shape index (κ1) is 9.58. The van der Waals surface area contributed by atoms with Crippen LogP contribution in [0.2, 0.25) is 0 Å². The number of anilines is 1. The molecule has 1 N–H and O–H groups in total. The van der Waals surface area contributed by atoms with Crippen molar-refractivity contribution in [1.82, 2.24) is 0 Å². The average molecular weight is 299 g/mol. The summed E-state index contributed by atoms with van der Waals surface area (Å²) >= 11 is 2.29. The molecule has 0 bridgehead atoms. The Morgan fingerprint density at radius 2 is 2.14 bits per heavy atom. The molecule has 72 valence electrons. The van der Waals surface area contributed by atoms with Crippen molar-refractivity contribution in [3.05, 3.63) is 40.2 Å². The molecule has 14 heavy (non-hydrogen) atoms. The van der Waals surface area contributed by atoms with Gasteiger partial charge in [-0.3, -0.25) is 0 Å². The lowest BCUT2D eigenvalue weighted by Crippen LogP contribution is -1.91. The van der Waals surface area contributed by atoms with Crippen molar-refractivity contribution in [2.45, 2.75) is 0 Å². The van der Waals surface area contributed by atoms with Crippen LogP contribution in [0.1, 0.15) is 0 Å². The van der Waals surface area contributed by atoms with Gasteiger partial charge in [-0.25, -0.2) is 0 Å². The number of hydrogen-bond acceptors (Lipinski definition) is 2. The Bertz CT molecular complexity index is 423. The zero-order valence-electron chi connectivity index (χ0n) is 7.75. The maximum atomic E-state index is 5.37. The lowest BCUT2D eigenvalue weighted by Gasteiger charge is -2.06. The van der Waals surface area contributed by atoms with E-state index in [9.17, 15) is 0 Å². The molecule has 0 aliphatic rings. The molecule has 1 aromatic carbocycles. The number of furan rings is 1. The van der Waals surface area contributed by atoms with Crippen LogP contribution >= 0.6 is 22.6 Å². The van der Waals surface area contributed by atoms with Gasteiger partial charge in [0.1, 0.15) is 5.76 Å². The highest BCUT2D eigenvalue weighted by molar-refractivity contribution is 14.1. The third-order valence-corrected chi connectivity index (χ3v) is 2.71. The summed E-state index contributed by atoms with van der Waals surface area (Å²) in [7, 11) is 1.91. The Hall–Kier alpha value is -0.970. The summed E-state index contributed by atoms with van der Waals surface area (Å²) in [5, 5.41) is 3.15. The van der Waals surface area contributed by atoms with Gasteiger partial charge in [0, 0.05) is 21.9 Å². The predicted molar refractivity (Wildman–Crippen MR) is 66.4 cm³/mol. The second kappa shape index (κ2) is 4.04. The summed E-state index contributed by atoms with van der Waals surface area (Å²) in [4.78, 5) is 0. The van der Waals surface area contributed by atoms with Gasteiger partial charge in [0.05, 0.1) is 6.26 Å². The monoisotopic (exact) mass is 299 g/mol. The quantitative estimate of drug-likeness (QED) is 0.857. The number of benzene rings is 1. The fraction of sp³-hybridized carbons (Fsp3) is 0.0909. The van der Waals surface area contributed by atoms with E-state index in [-0.39, 0.29) is 0 Å². The van der Waals surface area contributed by atoms with Gasteiger partial charge in [-0.05, 0) is 52.9 Å². The summed E-state index contributed by atoms with van der Waals surface area (Å²) in [5.74, 6) is 0.896. The van der Waals surface area contributed by atoms with Gasteiger partial charge in [0.25, 0.3) is 0 Å². The van der Waals surface area contributed by atoms with E-state index in [0.717, 1.165) is 17.0 Å². The molecule has 0 radical (unpaired) electrons. The lowest BCUT2D eigenvalue weighted by molar-refractivity contribution is 0.582. The number of hydrogen-bond donors (Lipinski definition) is 1. The molecule has 1 heterocycles. The number of rotatable bonds is 2. The van der Waals surface area contributed by atoms with E-state index < -0.39 is 0 Å². The van der Waals surface area contributed by atoms with Crippen molar-refractivity contribution >= 4 is 28.3 Å². The van der Waals surface area contributed by atoms with Crippen LogP contribution in [0.4, 0.5) is 5.69 Å². The largest absolute Gasteiger partial charge is 0.464 e. The third-order valence-electron chi connectivity index (χ3n) is 2.04. The summed E-state index contributed by atoms with van der Waals surface area (Å²) < 4.78 is 6.58. The maximum Gasteiger partial charge on any atom is 0.135 e. The topological polar surface area (TPSA) is 25.2 Å². The number of nitrogens with one attached hydrogen (secondary N) is 1. The van der Waals surface area contributed by atoms with Crippen molar-refractivity contribution in [3.63, 3.8) is 0 Å². The van der Waals surface area contributed by atoms with Gasteiger partial charge in [-0.2, -0.15) is 0 Å². The third kappa shape index (κ3) is 1.77. The normalized spacial score (nSPS) is 10.1. The molecule has 3 heteroatoms. The Morgan fingerprint density at radius 1 is 1.29 bits per heavy atom. The summed E-state index contributed by atoms with van der Waals surface area (Å²) in [5.41, 5.74) is 2.18. The second-order valence-corrected chi connectivity index (χ2v) is 4.16. The predicted octanol–water partition coefficient (Wildman–Crippen LogP) is 3.59. The highest BCUT2D eigenvalue weighted by Gasteiger charge is 2.06. The fourth-order valence-electron chi connectivity index (χ4n) is 1.37. The zero-order valence-corrected chi connectivity index (χ0v) is 9.91. The molecule has 0 spiro atoms. The molecule has 0 unspecified atom stereocenters. The van der Waals surface area contributed by atoms with Crippen molar-refractivity contribution < 1.29 is 4.42 Å². The number of halogens is 1. The van der Waals surface area contributed by atoms with Crippen LogP contribution in [0.15, 0.2) is 41.0 Å². The first-order valence-corrected chi connectivity index (χ1v) is 5.40. The second-order valence-electron chi connectivity index (χ2n) is 2.92. The molecule has 0 aliphatic heterocycles. The lowest BCUT2D eigenvalue weighted by atomic mass is 10.1. The Labute approximate surface area is 96.5 Å². The van der Waals surface area contributed by atoms with Gasteiger partial charge in [-0.1, -0.05) is 0 Å². The molecular weight excluding hydrogens is 289 g/mol. The Balaban J connectivity index is 2.55. The molecular formula is C11H10INO. The minimum Gasteiger partial charge on any atom is -0.464 e. The van der Waals surface area contributed by atoms with E-state index in [4.69, 9.17) is 4.42 Å². The zero-order chi connectivity index (χ0) is 9.97. The fourth-order valence-corrected chi connectivity index (χ4v) is 1.86. The standard InChI is InChI=1S/C11H10INO/c1-13-10-5-4-8(12)7-9(10)11-3-2-6-14-11/h2-7,13H,1H3. The van der Waals surface area contributed by atoms with Gasteiger partial charge in [0.15, 0.2) is 0 Å². The highest BCUT2D eigenvalue weighted by Crippen LogP contribution is 2.29. The first-order valence-electron chi connectivity index (χ1n) is 4.32. The first-order chi connectivity index (χ1) is 6.81. The van der Waals surface area contributed by atoms with E-state index >= 15 is 0 Å². The minimum atomic E-state index is 0.896. The summed E-state index contributed by atoms with van der Waals surface area (Å²) in [6.45, 7) is 0. The van der Waals surface area contributed by atoms with Crippen LogP contribution in [0, 0.1) is 3.57 Å². The van der Waals surface area contributed by atoms with E-state index in [1.54, 1.807) is 6.26 Å². The van der Waals surface area contributed by atoms with Crippen LogP contribution in [-0.2, 0) is 0 Å².